The van der Waals surface area contributed by atoms with Gasteiger partial charge in [0.2, 0.25) is 5.75 Å². The molecular formula is C13H9F2N3O4. The lowest BCUT2D eigenvalue weighted by Gasteiger charge is -2.08. The molecule has 0 aromatic heterocycles. The van der Waals surface area contributed by atoms with Crippen molar-refractivity contribution >= 4 is 11.5 Å². The van der Waals surface area contributed by atoms with Gasteiger partial charge in [-0.15, -0.1) is 0 Å². The molecule has 0 fully saturated rings. The van der Waals surface area contributed by atoms with Crippen LogP contribution in [0.3, 0.4) is 0 Å². The van der Waals surface area contributed by atoms with Crippen molar-refractivity contribution in [3.8, 4) is 11.5 Å². The van der Waals surface area contributed by atoms with E-state index in [1.165, 1.54) is 6.07 Å². The maximum Gasteiger partial charge on any atom is 0.312 e. The molecule has 0 spiro atoms. The molecular weight excluding hydrogens is 300 g/mol. The zero-order chi connectivity index (χ0) is 16.3. The van der Waals surface area contributed by atoms with Gasteiger partial charge in [0, 0.05) is 17.7 Å². The Labute approximate surface area is 122 Å². The van der Waals surface area contributed by atoms with Gasteiger partial charge in [0.05, 0.1) is 4.92 Å². The highest BCUT2D eigenvalue weighted by Crippen LogP contribution is 2.33. The lowest BCUT2D eigenvalue weighted by molar-refractivity contribution is -0.385. The van der Waals surface area contributed by atoms with E-state index in [0.29, 0.717) is 6.07 Å². The van der Waals surface area contributed by atoms with E-state index >= 15 is 0 Å². The summed E-state index contributed by atoms with van der Waals surface area (Å²) < 4.78 is 31.4. The Morgan fingerprint density at radius 1 is 1.23 bits per heavy atom. The van der Waals surface area contributed by atoms with Crippen LogP contribution in [0.2, 0.25) is 0 Å². The van der Waals surface area contributed by atoms with E-state index < -0.39 is 22.2 Å². The molecule has 0 atom stereocenters. The molecule has 0 bridgehead atoms. The molecule has 0 saturated carbocycles. The molecule has 2 aromatic rings. The summed E-state index contributed by atoms with van der Waals surface area (Å²) in [5.41, 5.74) is 4.91. The molecule has 2 aromatic carbocycles. The number of hydrogen-bond donors (Lipinski definition) is 2. The maximum atomic E-state index is 13.5. The van der Waals surface area contributed by atoms with Crippen LogP contribution in [0.4, 0.5) is 14.5 Å². The lowest BCUT2D eigenvalue weighted by atomic mass is 10.1. The summed E-state index contributed by atoms with van der Waals surface area (Å²) in [7, 11) is 0. The predicted molar refractivity (Wildman–Crippen MR) is 72.0 cm³/mol. The molecule has 0 unspecified atom stereocenters. The number of benzene rings is 2. The minimum Gasteiger partial charge on any atom is -0.447 e. The number of nitro benzene ring substituents is 1. The highest BCUT2D eigenvalue weighted by Gasteiger charge is 2.19. The second-order valence-electron chi connectivity index (χ2n) is 4.10. The Balaban J connectivity index is 2.44. The summed E-state index contributed by atoms with van der Waals surface area (Å²) >= 11 is 0. The minimum atomic E-state index is -1.00. The monoisotopic (exact) mass is 309 g/mol. The van der Waals surface area contributed by atoms with E-state index in [0.717, 1.165) is 24.3 Å². The maximum absolute atomic E-state index is 13.5. The van der Waals surface area contributed by atoms with E-state index in [9.17, 15) is 18.9 Å². The van der Waals surface area contributed by atoms with Crippen LogP contribution >= 0.6 is 0 Å². The van der Waals surface area contributed by atoms with E-state index in [4.69, 9.17) is 15.7 Å². The fourth-order valence-electron chi connectivity index (χ4n) is 1.64. The fourth-order valence-corrected chi connectivity index (χ4v) is 1.64. The molecule has 3 N–H and O–H groups in total. The normalized spacial score (nSPS) is 11.3. The molecule has 0 aliphatic carbocycles. The Bertz CT molecular complexity index is 765. The summed E-state index contributed by atoms with van der Waals surface area (Å²) in [6.07, 6.45) is 0. The van der Waals surface area contributed by atoms with Crippen molar-refractivity contribution < 1.29 is 23.6 Å². The Morgan fingerprint density at radius 3 is 2.50 bits per heavy atom. The number of halogens is 2. The molecule has 22 heavy (non-hydrogen) atoms. The second kappa shape index (κ2) is 6.04. The number of hydrogen-bond acceptors (Lipinski definition) is 5. The van der Waals surface area contributed by atoms with E-state index in [2.05, 4.69) is 5.16 Å². The van der Waals surface area contributed by atoms with Gasteiger partial charge < -0.3 is 15.7 Å². The summed E-state index contributed by atoms with van der Waals surface area (Å²) in [4.78, 5) is 10.3. The number of amidine groups is 1. The Hall–Kier alpha value is -3.23. The zero-order valence-corrected chi connectivity index (χ0v) is 10.9. The molecule has 0 amide bonds. The summed E-state index contributed by atoms with van der Waals surface area (Å²) in [5.74, 6) is -2.79. The molecule has 7 nitrogen and oxygen atoms in total. The van der Waals surface area contributed by atoms with Crippen molar-refractivity contribution in [2.45, 2.75) is 0 Å². The minimum absolute atomic E-state index is 0.0844. The van der Waals surface area contributed by atoms with Crippen LogP contribution in [-0.2, 0) is 0 Å². The number of oxime groups is 1. The van der Waals surface area contributed by atoms with Crippen molar-refractivity contribution in [3.05, 3.63) is 63.7 Å². The van der Waals surface area contributed by atoms with E-state index in [1.807, 2.05) is 0 Å². The van der Waals surface area contributed by atoms with Gasteiger partial charge in [0.25, 0.3) is 0 Å². The van der Waals surface area contributed by atoms with Gasteiger partial charge in [-0.3, -0.25) is 10.1 Å². The summed E-state index contributed by atoms with van der Waals surface area (Å²) in [5, 5.41) is 22.3. The Morgan fingerprint density at radius 2 is 1.91 bits per heavy atom. The molecule has 2 rings (SSSR count). The molecule has 0 aliphatic heterocycles. The molecule has 0 aliphatic rings. The van der Waals surface area contributed by atoms with Gasteiger partial charge >= 0.3 is 5.69 Å². The van der Waals surface area contributed by atoms with Crippen molar-refractivity contribution in [2.24, 2.45) is 10.9 Å². The first-order valence-electron chi connectivity index (χ1n) is 5.81. The highest BCUT2D eigenvalue weighted by atomic mass is 19.1. The first-order chi connectivity index (χ1) is 10.4. The van der Waals surface area contributed by atoms with Gasteiger partial charge in [-0.25, -0.2) is 8.78 Å². The third-order valence-electron chi connectivity index (χ3n) is 2.67. The Kier molecular flexibility index (Phi) is 4.16. The second-order valence-corrected chi connectivity index (χ2v) is 4.10. The third-order valence-corrected chi connectivity index (χ3v) is 2.67. The predicted octanol–water partition coefficient (Wildman–Crippen LogP) is 2.76. The average molecular weight is 309 g/mol. The van der Waals surface area contributed by atoms with Gasteiger partial charge in [-0.2, -0.15) is 0 Å². The molecule has 9 heteroatoms. The van der Waals surface area contributed by atoms with E-state index in [1.54, 1.807) is 0 Å². The molecule has 114 valence electrons. The van der Waals surface area contributed by atoms with Crippen molar-refractivity contribution in [3.63, 3.8) is 0 Å². The fraction of sp³-hybridized carbons (Fsp3) is 0. The van der Waals surface area contributed by atoms with Crippen LogP contribution in [0.1, 0.15) is 5.56 Å². The first-order valence-corrected chi connectivity index (χ1v) is 5.81. The van der Waals surface area contributed by atoms with Crippen LogP contribution in [0.5, 0.6) is 11.5 Å². The van der Waals surface area contributed by atoms with E-state index in [-0.39, 0.29) is 22.9 Å². The quantitative estimate of drug-likeness (QED) is 0.296. The number of nitrogens with zero attached hydrogens (tertiary/aromatic N) is 2. The number of ether oxygens (including phenoxy) is 1. The van der Waals surface area contributed by atoms with Crippen LogP contribution in [-0.4, -0.2) is 16.0 Å². The zero-order valence-electron chi connectivity index (χ0n) is 10.9. The number of rotatable bonds is 4. The van der Waals surface area contributed by atoms with Gasteiger partial charge in [-0.1, -0.05) is 5.16 Å². The van der Waals surface area contributed by atoms with Crippen LogP contribution in [0.15, 0.2) is 41.6 Å². The first kappa shape index (κ1) is 15.2. The van der Waals surface area contributed by atoms with Gasteiger partial charge in [-0.05, 0) is 24.3 Å². The molecule has 0 radical (unpaired) electrons. The van der Waals surface area contributed by atoms with Crippen LogP contribution in [0, 0.1) is 21.7 Å². The summed E-state index contributed by atoms with van der Waals surface area (Å²) in [6.45, 7) is 0. The van der Waals surface area contributed by atoms with Crippen molar-refractivity contribution in [1.29, 1.82) is 0 Å². The topological polar surface area (TPSA) is 111 Å². The largest absolute Gasteiger partial charge is 0.447 e. The van der Waals surface area contributed by atoms with Gasteiger partial charge in [0.1, 0.15) is 5.82 Å². The summed E-state index contributed by atoms with van der Waals surface area (Å²) in [6, 6.07) is 6.01. The SMILES string of the molecule is N/C(=N\O)c1ccc(Oc2ccc(F)cc2F)c([N+](=O)[O-])c1. The highest BCUT2D eigenvalue weighted by molar-refractivity contribution is 5.97. The standard InChI is InChI=1S/C13H9F2N3O4/c14-8-2-4-11(9(15)6-8)22-12-3-1-7(13(16)17-19)5-10(12)18(20)21/h1-6,19H,(H2,16,17). The molecule has 0 heterocycles. The number of nitrogens with two attached hydrogens (primary N) is 1. The van der Waals surface area contributed by atoms with Gasteiger partial charge in [0.15, 0.2) is 17.4 Å². The number of nitro groups is 1. The van der Waals surface area contributed by atoms with Crippen molar-refractivity contribution in [2.75, 3.05) is 0 Å². The average Bonchev–Trinajstić information content (AvgIpc) is 2.49. The van der Waals surface area contributed by atoms with Crippen LogP contribution in [0.25, 0.3) is 0 Å². The smallest absolute Gasteiger partial charge is 0.312 e. The molecule has 0 saturated heterocycles. The third kappa shape index (κ3) is 3.08. The van der Waals surface area contributed by atoms with Crippen LogP contribution < -0.4 is 10.5 Å². The lowest BCUT2D eigenvalue weighted by Crippen LogP contribution is -2.13. The van der Waals surface area contributed by atoms with Crippen molar-refractivity contribution in [1.82, 2.24) is 0 Å².